The molecule has 0 saturated heterocycles. The van der Waals surface area contributed by atoms with Crippen LogP contribution < -0.4 is 10.6 Å². The monoisotopic (exact) mass is 391 g/mol. The number of aliphatic imine (C=N–C) groups is 1. The van der Waals surface area contributed by atoms with Crippen molar-refractivity contribution >= 4 is 29.1 Å². The minimum Gasteiger partial charge on any atom is -0.462 e. The van der Waals surface area contributed by atoms with E-state index in [9.17, 15) is 9.59 Å². The maximum Gasteiger partial charge on any atom is 0.343 e. The zero-order chi connectivity index (χ0) is 20.8. The molecule has 1 heterocycles. The summed E-state index contributed by atoms with van der Waals surface area (Å²) in [5.41, 5.74) is 3.10. The summed E-state index contributed by atoms with van der Waals surface area (Å²) in [6, 6.07) is 17.0. The molecule has 3 rings (SSSR count). The maximum absolute atomic E-state index is 13.1. The summed E-state index contributed by atoms with van der Waals surface area (Å²) < 4.78 is 5.22. The van der Waals surface area contributed by atoms with Crippen LogP contribution in [0.25, 0.3) is 0 Å². The number of ether oxygens (including phenoxy) is 1. The number of hydrogen-bond donors (Lipinski definition) is 2. The Morgan fingerprint density at radius 1 is 1.07 bits per heavy atom. The number of carbonyl (C=O) groups excluding carboxylic acids is 2. The minimum atomic E-state index is -0.530. The van der Waals surface area contributed by atoms with E-state index < -0.39 is 5.97 Å². The van der Waals surface area contributed by atoms with Gasteiger partial charge < -0.3 is 15.4 Å². The lowest BCUT2D eigenvalue weighted by molar-refractivity contribution is -0.137. The van der Waals surface area contributed by atoms with Gasteiger partial charge in [-0.05, 0) is 38.0 Å². The fraction of sp³-hybridized carbons (Fsp3) is 0.261. The van der Waals surface area contributed by atoms with Crippen LogP contribution >= 0.6 is 0 Å². The molecule has 0 fully saturated rings. The summed E-state index contributed by atoms with van der Waals surface area (Å²) in [6.07, 6.45) is 0.620. The van der Waals surface area contributed by atoms with Gasteiger partial charge in [-0.1, -0.05) is 49.4 Å². The second-order valence-corrected chi connectivity index (χ2v) is 6.68. The van der Waals surface area contributed by atoms with Gasteiger partial charge in [0, 0.05) is 5.70 Å². The highest BCUT2D eigenvalue weighted by Gasteiger charge is 2.28. The van der Waals surface area contributed by atoms with Crippen LogP contribution in [-0.4, -0.2) is 24.3 Å². The van der Waals surface area contributed by atoms with E-state index in [0.717, 1.165) is 11.3 Å². The molecule has 150 valence electrons. The molecular weight excluding hydrogens is 366 g/mol. The van der Waals surface area contributed by atoms with Gasteiger partial charge in [-0.25, -0.2) is 9.79 Å². The number of amides is 1. The molecule has 1 amide bonds. The Hall–Kier alpha value is -3.41. The number of rotatable bonds is 5. The van der Waals surface area contributed by atoms with Crippen LogP contribution in [0.3, 0.4) is 0 Å². The molecule has 0 saturated carbocycles. The number of carbonyl (C=O) groups is 2. The van der Waals surface area contributed by atoms with E-state index in [1.165, 1.54) is 0 Å². The molecule has 1 aliphatic rings. The van der Waals surface area contributed by atoms with Crippen molar-refractivity contribution in [1.29, 1.82) is 0 Å². The number of nitrogens with zero attached hydrogens (tertiary/aromatic N) is 1. The number of anilines is 1. The standard InChI is InChI=1S/C23H25N3O3/c1-4-17(16-11-7-6-8-12-16)22(27)26-21-20(23(28)29-5-2)15(3)24-18-13-9-10-14-19(18)25-21/h6-14,17,24H,4-5H2,1-3H3,(H,25,26,27)/t17-/m0/s1. The van der Waals surface area contributed by atoms with E-state index in [4.69, 9.17) is 4.74 Å². The number of para-hydroxylation sites is 2. The molecule has 6 heteroatoms. The largest absolute Gasteiger partial charge is 0.462 e. The summed E-state index contributed by atoms with van der Waals surface area (Å²) in [5.74, 6) is -0.907. The number of nitrogens with one attached hydrogen (secondary N) is 2. The average molecular weight is 391 g/mol. The average Bonchev–Trinajstić information content (AvgIpc) is 2.84. The van der Waals surface area contributed by atoms with Crippen LogP contribution in [-0.2, 0) is 14.3 Å². The first-order chi connectivity index (χ1) is 14.0. The molecule has 1 atom stereocenters. The third kappa shape index (κ3) is 4.54. The van der Waals surface area contributed by atoms with Crippen molar-refractivity contribution in [3.63, 3.8) is 0 Å². The third-order valence-corrected chi connectivity index (χ3v) is 4.72. The molecule has 0 spiro atoms. The molecule has 0 bridgehead atoms. The second-order valence-electron chi connectivity index (χ2n) is 6.68. The summed E-state index contributed by atoms with van der Waals surface area (Å²) in [4.78, 5) is 30.4. The predicted molar refractivity (Wildman–Crippen MR) is 114 cm³/mol. The summed E-state index contributed by atoms with van der Waals surface area (Å²) in [6.45, 7) is 5.69. The van der Waals surface area contributed by atoms with E-state index >= 15 is 0 Å². The third-order valence-electron chi connectivity index (χ3n) is 4.72. The van der Waals surface area contributed by atoms with Crippen molar-refractivity contribution in [2.24, 2.45) is 4.99 Å². The fourth-order valence-electron chi connectivity index (χ4n) is 3.30. The van der Waals surface area contributed by atoms with E-state index in [0.29, 0.717) is 17.8 Å². The topological polar surface area (TPSA) is 79.8 Å². The first-order valence-electron chi connectivity index (χ1n) is 9.74. The quantitative estimate of drug-likeness (QED) is 0.745. The summed E-state index contributed by atoms with van der Waals surface area (Å²) in [7, 11) is 0. The SMILES string of the molecule is CCOC(=O)C1=C(C)Nc2ccccc2N=C1NC(=O)[C@@H](CC)c1ccccc1. The van der Waals surface area contributed by atoms with E-state index in [-0.39, 0.29) is 29.8 Å². The van der Waals surface area contributed by atoms with Crippen molar-refractivity contribution in [3.05, 3.63) is 71.4 Å². The van der Waals surface area contributed by atoms with Gasteiger partial charge in [-0.2, -0.15) is 0 Å². The molecule has 0 aliphatic carbocycles. The van der Waals surface area contributed by atoms with Crippen LogP contribution in [0.15, 0.2) is 70.9 Å². The molecular formula is C23H25N3O3. The van der Waals surface area contributed by atoms with Crippen molar-refractivity contribution in [2.45, 2.75) is 33.1 Å². The van der Waals surface area contributed by atoms with Gasteiger partial charge in [-0.15, -0.1) is 0 Å². The molecule has 2 aromatic carbocycles. The number of benzene rings is 2. The van der Waals surface area contributed by atoms with Crippen molar-refractivity contribution in [3.8, 4) is 0 Å². The van der Waals surface area contributed by atoms with Crippen molar-refractivity contribution < 1.29 is 14.3 Å². The number of amidine groups is 1. The molecule has 0 aromatic heterocycles. The number of esters is 1. The molecule has 2 aromatic rings. The van der Waals surface area contributed by atoms with Gasteiger partial charge in [0.15, 0.2) is 0 Å². The Labute approximate surface area is 170 Å². The highest BCUT2D eigenvalue weighted by atomic mass is 16.5. The maximum atomic E-state index is 13.1. The predicted octanol–water partition coefficient (Wildman–Crippen LogP) is 4.29. The van der Waals surface area contributed by atoms with Crippen LogP contribution in [0.4, 0.5) is 11.4 Å². The van der Waals surface area contributed by atoms with Gasteiger partial charge in [0.05, 0.1) is 23.9 Å². The molecule has 2 N–H and O–H groups in total. The Balaban J connectivity index is 2.00. The zero-order valence-electron chi connectivity index (χ0n) is 16.9. The minimum absolute atomic E-state index is 0.192. The van der Waals surface area contributed by atoms with Gasteiger partial charge in [0.2, 0.25) is 5.91 Å². The Kier molecular flexibility index (Phi) is 6.44. The van der Waals surface area contributed by atoms with E-state index in [1.54, 1.807) is 13.8 Å². The normalized spacial score (nSPS) is 14.1. The van der Waals surface area contributed by atoms with Gasteiger partial charge in [0.25, 0.3) is 0 Å². The smallest absolute Gasteiger partial charge is 0.343 e. The first-order valence-corrected chi connectivity index (χ1v) is 9.74. The summed E-state index contributed by atoms with van der Waals surface area (Å²) >= 11 is 0. The molecule has 1 aliphatic heterocycles. The Morgan fingerprint density at radius 2 is 1.76 bits per heavy atom. The van der Waals surface area contributed by atoms with E-state index in [2.05, 4.69) is 15.6 Å². The lowest BCUT2D eigenvalue weighted by Crippen LogP contribution is -2.38. The first kappa shape index (κ1) is 20.3. The van der Waals surface area contributed by atoms with Crippen molar-refractivity contribution in [1.82, 2.24) is 5.32 Å². The second kappa shape index (κ2) is 9.19. The highest BCUT2D eigenvalue weighted by Crippen LogP contribution is 2.30. The van der Waals surface area contributed by atoms with Crippen molar-refractivity contribution in [2.75, 3.05) is 11.9 Å². The molecule has 6 nitrogen and oxygen atoms in total. The Bertz CT molecular complexity index is 964. The van der Waals surface area contributed by atoms with E-state index in [1.807, 2.05) is 61.5 Å². The number of hydrogen-bond acceptors (Lipinski definition) is 5. The molecule has 29 heavy (non-hydrogen) atoms. The number of allylic oxidation sites excluding steroid dienone is 1. The summed E-state index contributed by atoms with van der Waals surface area (Å²) in [5, 5.41) is 6.08. The molecule has 0 unspecified atom stereocenters. The lowest BCUT2D eigenvalue weighted by Gasteiger charge is -2.18. The zero-order valence-corrected chi connectivity index (χ0v) is 16.9. The highest BCUT2D eigenvalue weighted by molar-refractivity contribution is 6.24. The molecule has 0 radical (unpaired) electrons. The van der Waals surface area contributed by atoms with Gasteiger partial charge in [0.1, 0.15) is 11.4 Å². The number of fused-ring (bicyclic) bond motifs is 1. The van der Waals surface area contributed by atoms with Crippen LogP contribution in [0.5, 0.6) is 0 Å². The lowest BCUT2D eigenvalue weighted by atomic mass is 9.95. The van der Waals surface area contributed by atoms with Crippen LogP contribution in [0.2, 0.25) is 0 Å². The van der Waals surface area contributed by atoms with Gasteiger partial charge in [-0.3, -0.25) is 4.79 Å². The van der Waals surface area contributed by atoms with Crippen LogP contribution in [0, 0.1) is 0 Å². The van der Waals surface area contributed by atoms with Gasteiger partial charge >= 0.3 is 5.97 Å². The Morgan fingerprint density at radius 3 is 2.45 bits per heavy atom. The van der Waals surface area contributed by atoms with Crippen LogP contribution in [0.1, 0.15) is 38.7 Å². The fourth-order valence-corrected chi connectivity index (χ4v) is 3.30.